The molecule has 31 heavy (non-hydrogen) atoms. The SMILES string of the molecule is Cc1ccc(C(=O)C2C(=O)C(=O)N(CCC[NH+]3CCOCC3)C2c2ccc(C)o2)cc1. The van der Waals surface area contributed by atoms with Gasteiger partial charge in [-0.25, -0.2) is 0 Å². The molecule has 2 saturated heterocycles. The van der Waals surface area contributed by atoms with Gasteiger partial charge in [-0.05, 0) is 26.0 Å². The number of Topliss-reactive ketones (excluding diaryl/α,β-unsaturated/α-hetero) is 2. The monoisotopic (exact) mass is 425 g/mol. The van der Waals surface area contributed by atoms with Crippen molar-refractivity contribution in [1.29, 1.82) is 0 Å². The van der Waals surface area contributed by atoms with Crippen molar-refractivity contribution in [2.45, 2.75) is 26.3 Å². The molecule has 164 valence electrons. The number of carbonyl (C=O) groups excluding carboxylic acids is 3. The molecule has 1 aromatic carbocycles. The van der Waals surface area contributed by atoms with E-state index in [0.29, 0.717) is 23.6 Å². The molecule has 3 heterocycles. The van der Waals surface area contributed by atoms with E-state index in [0.717, 1.165) is 44.8 Å². The fourth-order valence-corrected chi connectivity index (χ4v) is 4.46. The number of aryl methyl sites for hydroxylation is 2. The lowest BCUT2D eigenvalue weighted by Gasteiger charge is -2.27. The highest BCUT2D eigenvalue weighted by Crippen LogP contribution is 2.38. The van der Waals surface area contributed by atoms with Crippen molar-refractivity contribution in [2.24, 2.45) is 5.92 Å². The predicted octanol–water partition coefficient (Wildman–Crippen LogP) is 1.15. The normalized spacial score (nSPS) is 22.3. The van der Waals surface area contributed by atoms with Gasteiger partial charge >= 0.3 is 0 Å². The summed E-state index contributed by atoms with van der Waals surface area (Å²) in [6, 6.07) is 9.96. The van der Waals surface area contributed by atoms with E-state index in [2.05, 4.69) is 0 Å². The van der Waals surface area contributed by atoms with Crippen LogP contribution in [-0.2, 0) is 14.3 Å². The van der Waals surface area contributed by atoms with E-state index in [1.807, 2.05) is 26.0 Å². The molecule has 0 saturated carbocycles. The predicted molar refractivity (Wildman–Crippen MR) is 113 cm³/mol. The Balaban J connectivity index is 1.57. The number of likely N-dealkylation sites (tertiary alicyclic amines) is 1. The Kier molecular flexibility index (Phi) is 6.34. The van der Waals surface area contributed by atoms with Gasteiger partial charge in [0.1, 0.15) is 36.6 Å². The molecule has 0 spiro atoms. The molecule has 7 nitrogen and oxygen atoms in total. The van der Waals surface area contributed by atoms with Crippen molar-refractivity contribution in [2.75, 3.05) is 39.4 Å². The number of amides is 1. The minimum absolute atomic E-state index is 0.335. The molecule has 2 fully saturated rings. The van der Waals surface area contributed by atoms with Gasteiger partial charge in [0, 0.05) is 18.5 Å². The number of hydrogen-bond acceptors (Lipinski definition) is 5. The number of hydrogen-bond donors (Lipinski definition) is 1. The average Bonchev–Trinajstić information content (AvgIpc) is 3.30. The number of nitrogens with one attached hydrogen (secondary N) is 1. The van der Waals surface area contributed by atoms with Crippen LogP contribution in [0.25, 0.3) is 0 Å². The minimum atomic E-state index is -1.09. The van der Waals surface area contributed by atoms with Gasteiger partial charge in [0.05, 0.1) is 19.8 Å². The highest BCUT2D eigenvalue weighted by Gasteiger charge is 2.52. The third-order valence-corrected chi connectivity index (χ3v) is 6.21. The van der Waals surface area contributed by atoms with Gasteiger partial charge in [0.15, 0.2) is 5.78 Å². The molecule has 1 aromatic heterocycles. The van der Waals surface area contributed by atoms with E-state index in [9.17, 15) is 14.4 Å². The van der Waals surface area contributed by atoms with E-state index in [-0.39, 0.29) is 5.78 Å². The second-order valence-electron chi connectivity index (χ2n) is 8.43. The van der Waals surface area contributed by atoms with E-state index in [1.165, 1.54) is 9.80 Å². The standard InChI is InChI=1S/C24H28N2O5/c1-16-4-7-18(8-5-16)22(27)20-21(19-9-6-17(2)31-19)26(24(29)23(20)28)11-3-10-25-12-14-30-15-13-25/h4-9,20-21H,3,10-15H2,1-2H3/p+1. The molecule has 0 radical (unpaired) electrons. The average molecular weight is 426 g/mol. The first-order chi connectivity index (χ1) is 15.0. The maximum atomic E-state index is 13.3. The van der Waals surface area contributed by atoms with Crippen LogP contribution < -0.4 is 4.90 Å². The van der Waals surface area contributed by atoms with Crippen LogP contribution >= 0.6 is 0 Å². The maximum absolute atomic E-state index is 13.3. The number of ether oxygens (including phenoxy) is 1. The van der Waals surface area contributed by atoms with E-state index in [1.54, 1.807) is 24.3 Å². The maximum Gasteiger partial charge on any atom is 0.291 e. The van der Waals surface area contributed by atoms with Gasteiger partial charge in [0.25, 0.3) is 5.91 Å². The topological polar surface area (TPSA) is 81.3 Å². The second kappa shape index (κ2) is 9.16. The Hall–Kier alpha value is -2.77. The Morgan fingerprint density at radius 3 is 2.42 bits per heavy atom. The lowest BCUT2D eigenvalue weighted by Crippen LogP contribution is -3.14. The van der Waals surface area contributed by atoms with E-state index in [4.69, 9.17) is 9.15 Å². The van der Waals surface area contributed by atoms with Gasteiger partial charge < -0.3 is 19.0 Å². The van der Waals surface area contributed by atoms with Crippen LogP contribution in [0.3, 0.4) is 0 Å². The molecule has 1 N–H and O–H groups in total. The summed E-state index contributed by atoms with van der Waals surface area (Å²) in [4.78, 5) is 42.2. The number of ketones is 2. The van der Waals surface area contributed by atoms with Gasteiger partial charge in [-0.1, -0.05) is 29.8 Å². The van der Waals surface area contributed by atoms with Crippen LogP contribution in [0.5, 0.6) is 0 Å². The molecule has 2 aliphatic rings. The quantitative estimate of drug-likeness (QED) is 0.409. The van der Waals surface area contributed by atoms with Crippen molar-refractivity contribution >= 4 is 17.5 Å². The van der Waals surface area contributed by atoms with Crippen molar-refractivity contribution in [3.05, 3.63) is 59.0 Å². The summed E-state index contributed by atoms with van der Waals surface area (Å²) in [7, 11) is 0. The number of morpholine rings is 1. The Bertz CT molecular complexity index is 959. The third kappa shape index (κ3) is 4.48. The van der Waals surface area contributed by atoms with Crippen LogP contribution in [0.4, 0.5) is 0 Å². The van der Waals surface area contributed by atoms with Crippen LogP contribution in [0.2, 0.25) is 0 Å². The van der Waals surface area contributed by atoms with E-state index < -0.39 is 23.7 Å². The number of benzene rings is 1. The highest BCUT2D eigenvalue weighted by atomic mass is 16.5. The molecule has 0 aliphatic carbocycles. The summed E-state index contributed by atoms with van der Waals surface area (Å²) in [6.07, 6.45) is 0.746. The summed E-state index contributed by atoms with van der Waals surface area (Å²) < 4.78 is 11.2. The first kappa shape index (κ1) is 21.5. The first-order valence-electron chi connectivity index (χ1n) is 10.9. The number of nitrogens with zero attached hydrogens (tertiary/aromatic N) is 1. The summed E-state index contributed by atoms with van der Waals surface area (Å²) in [5, 5.41) is 0. The van der Waals surface area contributed by atoms with Crippen LogP contribution in [0.15, 0.2) is 40.8 Å². The fraction of sp³-hybridized carbons (Fsp3) is 0.458. The molecular weight excluding hydrogens is 396 g/mol. The molecule has 4 rings (SSSR count). The van der Waals surface area contributed by atoms with Gasteiger partial charge in [-0.15, -0.1) is 0 Å². The summed E-state index contributed by atoms with van der Waals surface area (Å²) in [6.45, 7) is 8.44. The van der Waals surface area contributed by atoms with Crippen molar-refractivity contribution in [3.8, 4) is 0 Å². The lowest BCUT2D eigenvalue weighted by atomic mass is 9.88. The van der Waals surface area contributed by atoms with Gasteiger partial charge in [0.2, 0.25) is 5.78 Å². The Morgan fingerprint density at radius 2 is 1.77 bits per heavy atom. The summed E-state index contributed by atoms with van der Waals surface area (Å²) in [5.74, 6) is -1.50. The van der Waals surface area contributed by atoms with Gasteiger partial charge in [-0.2, -0.15) is 0 Å². The smallest absolute Gasteiger partial charge is 0.291 e. The number of furan rings is 1. The van der Waals surface area contributed by atoms with E-state index >= 15 is 0 Å². The molecular formula is C24H29N2O5+. The number of rotatable bonds is 7. The molecule has 2 atom stereocenters. The zero-order valence-corrected chi connectivity index (χ0v) is 18.1. The van der Waals surface area contributed by atoms with Crippen molar-refractivity contribution in [3.63, 3.8) is 0 Å². The third-order valence-electron chi connectivity index (χ3n) is 6.21. The van der Waals surface area contributed by atoms with Crippen LogP contribution in [-0.4, -0.2) is 61.8 Å². The molecule has 2 aliphatic heterocycles. The van der Waals surface area contributed by atoms with Gasteiger partial charge in [-0.3, -0.25) is 14.4 Å². The molecule has 0 bridgehead atoms. The second-order valence-corrected chi connectivity index (χ2v) is 8.43. The van der Waals surface area contributed by atoms with Crippen LogP contribution in [0.1, 0.15) is 39.9 Å². The number of carbonyl (C=O) groups is 3. The van der Waals surface area contributed by atoms with Crippen molar-refractivity contribution < 1.29 is 28.4 Å². The van der Waals surface area contributed by atoms with Crippen molar-refractivity contribution in [1.82, 2.24) is 4.90 Å². The van der Waals surface area contributed by atoms with Crippen LogP contribution in [0, 0.1) is 19.8 Å². The Morgan fingerprint density at radius 1 is 1.06 bits per heavy atom. The summed E-state index contributed by atoms with van der Waals surface area (Å²) >= 11 is 0. The minimum Gasteiger partial charge on any atom is -0.464 e. The first-order valence-corrected chi connectivity index (χ1v) is 10.9. The summed E-state index contributed by atoms with van der Waals surface area (Å²) in [5.41, 5.74) is 1.46. The molecule has 1 amide bonds. The Labute approximate surface area is 181 Å². The largest absolute Gasteiger partial charge is 0.464 e. The number of quaternary nitrogens is 1. The fourth-order valence-electron chi connectivity index (χ4n) is 4.46. The lowest BCUT2D eigenvalue weighted by molar-refractivity contribution is -0.908. The zero-order chi connectivity index (χ0) is 22.0. The highest BCUT2D eigenvalue weighted by molar-refractivity contribution is 6.44. The zero-order valence-electron chi connectivity index (χ0n) is 18.1. The molecule has 2 unspecified atom stereocenters. The molecule has 7 heteroatoms. The molecule has 2 aromatic rings.